The fraction of sp³-hybridized carbons (Fsp3) is 0. The number of halogens is 1. The van der Waals surface area contributed by atoms with Gasteiger partial charge in [0.05, 0.1) is 0 Å². The zero-order valence-corrected chi connectivity index (χ0v) is 17.6. The van der Waals surface area contributed by atoms with E-state index in [1.165, 1.54) is 6.07 Å². The molecule has 0 atom stereocenters. The molecule has 3 aromatic carbocycles. The first-order valence-corrected chi connectivity index (χ1v) is 6.28. The Labute approximate surface area is 182 Å². The van der Waals surface area contributed by atoms with Gasteiger partial charge in [-0.15, -0.1) is 71.3 Å². The molecule has 0 nitrogen and oxygen atoms in total. The zero-order chi connectivity index (χ0) is 13.9. The fourth-order valence-corrected chi connectivity index (χ4v) is 2.04. The van der Waals surface area contributed by atoms with Gasteiger partial charge in [-0.05, 0) is 0 Å². The van der Waals surface area contributed by atoms with Gasteiger partial charge < -0.3 is 0 Å². The summed E-state index contributed by atoms with van der Waals surface area (Å²) in [5.41, 5.74) is 3.80. The second-order valence-corrected chi connectivity index (χ2v) is 4.50. The second-order valence-electron chi connectivity index (χ2n) is 4.50. The molecule has 22 heavy (non-hydrogen) atoms. The molecule has 0 bridgehead atoms. The Hall–Kier alpha value is -0.137. The van der Waals surface area contributed by atoms with Crippen molar-refractivity contribution in [3.05, 3.63) is 78.6 Å². The Balaban J connectivity index is 0.00000121. The van der Waals surface area contributed by atoms with E-state index in [4.69, 9.17) is 7.85 Å². The number of hydrogen-bond donors (Lipinski definition) is 0. The Morgan fingerprint density at radius 1 is 0.818 bits per heavy atom. The Morgan fingerprint density at radius 2 is 1.55 bits per heavy atom. The third-order valence-electron chi connectivity index (χ3n) is 3.14. The molecule has 0 spiro atoms. The standard InChI is InChI=1S/C18H10BF.2Y/c19-17-11-10-16(12-18(17)20)15-8-6-14(7-9-15)13-4-2-1-3-5-13;;/h1-4,6-8,10-12H;;/q-2;;. The molecule has 3 aromatic rings. The van der Waals surface area contributed by atoms with Crippen LogP contribution in [0, 0.1) is 17.9 Å². The smallest absolute Gasteiger partial charge is 0.117 e. The molecule has 0 aliphatic carbocycles. The van der Waals surface area contributed by atoms with E-state index in [0.29, 0.717) is 0 Å². The van der Waals surface area contributed by atoms with E-state index < -0.39 is 5.82 Å². The van der Waals surface area contributed by atoms with E-state index in [2.05, 4.69) is 12.1 Å². The molecule has 4 radical (unpaired) electrons. The average Bonchev–Trinajstić information content (AvgIpc) is 2.51. The Kier molecular flexibility index (Phi) is 8.35. The summed E-state index contributed by atoms with van der Waals surface area (Å²) < 4.78 is 13.5. The van der Waals surface area contributed by atoms with Crippen molar-refractivity contribution in [3.63, 3.8) is 0 Å². The van der Waals surface area contributed by atoms with E-state index in [1.807, 2.05) is 42.5 Å². The molecule has 0 amide bonds. The van der Waals surface area contributed by atoms with Gasteiger partial charge in [-0.25, -0.2) is 4.39 Å². The first-order valence-electron chi connectivity index (χ1n) is 6.28. The molecular formula is C18H10BFY2-2. The maximum absolute atomic E-state index is 13.5. The van der Waals surface area contributed by atoms with E-state index in [-0.39, 0.29) is 70.9 Å². The van der Waals surface area contributed by atoms with Gasteiger partial charge in [-0.1, -0.05) is 29.2 Å². The minimum absolute atomic E-state index is 0. The molecule has 0 aliphatic rings. The van der Waals surface area contributed by atoms with Gasteiger partial charge in [-0.2, -0.15) is 0 Å². The maximum atomic E-state index is 13.5. The van der Waals surface area contributed by atoms with Crippen LogP contribution >= 0.6 is 0 Å². The van der Waals surface area contributed by atoms with E-state index in [0.717, 1.165) is 22.3 Å². The first kappa shape index (κ1) is 19.9. The number of benzene rings is 3. The van der Waals surface area contributed by atoms with Crippen LogP contribution in [0.15, 0.2) is 60.7 Å². The van der Waals surface area contributed by atoms with Crippen LogP contribution in [-0.4, -0.2) is 7.85 Å². The topological polar surface area (TPSA) is 0 Å². The van der Waals surface area contributed by atoms with Crippen molar-refractivity contribution < 1.29 is 69.8 Å². The summed E-state index contributed by atoms with van der Waals surface area (Å²) in [6, 6.07) is 24.7. The van der Waals surface area contributed by atoms with Gasteiger partial charge in [0.15, 0.2) is 0 Å². The van der Waals surface area contributed by atoms with Crippen LogP contribution in [0.2, 0.25) is 0 Å². The van der Waals surface area contributed by atoms with Gasteiger partial charge in [0.25, 0.3) is 0 Å². The van der Waals surface area contributed by atoms with Crippen LogP contribution in [-0.2, 0) is 65.4 Å². The van der Waals surface area contributed by atoms with Crippen LogP contribution in [0.5, 0.6) is 0 Å². The van der Waals surface area contributed by atoms with Crippen LogP contribution in [0.4, 0.5) is 4.39 Å². The van der Waals surface area contributed by atoms with Crippen LogP contribution < -0.4 is 5.46 Å². The second kappa shape index (κ2) is 9.23. The van der Waals surface area contributed by atoms with Crippen molar-refractivity contribution in [2.45, 2.75) is 0 Å². The molecule has 0 heterocycles. The Bertz CT molecular complexity index is 728. The zero-order valence-electron chi connectivity index (χ0n) is 11.9. The molecule has 0 saturated carbocycles. The average molecular weight is 434 g/mol. The summed E-state index contributed by atoms with van der Waals surface area (Å²) in [6.45, 7) is 0. The fourth-order valence-electron chi connectivity index (χ4n) is 2.04. The van der Waals surface area contributed by atoms with Gasteiger partial charge in [-0.3, -0.25) is 0 Å². The molecular weight excluding hydrogens is 424 g/mol. The molecule has 0 fully saturated rings. The molecule has 100 valence electrons. The van der Waals surface area contributed by atoms with Crippen molar-refractivity contribution in [3.8, 4) is 22.3 Å². The molecule has 0 aromatic heterocycles. The Morgan fingerprint density at radius 3 is 2.14 bits per heavy atom. The molecule has 0 saturated heterocycles. The van der Waals surface area contributed by atoms with Crippen LogP contribution in [0.1, 0.15) is 0 Å². The predicted molar refractivity (Wildman–Crippen MR) is 80.3 cm³/mol. The van der Waals surface area contributed by atoms with E-state index >= 15 is 0 Å². The van der Waals surface area contributed by atoms with E-state index in [9.17, 15) is 4.39 Å². The van der Waals surface area contributed by atoms with Crippen molar-refractivity contribution in [1.29, 1.82) is 0 Å². The van der Waals surface area contributed by atoms with Gasteiger partial charge in [0, 0.05) is 65.4 Å². The van der Waals surface area contributed by atoms with Crippen molar-refractivity contribution in [1.82, 2.24) is 0 Å². The summed E-state index contributed by atoms with van der Waals surface area (Å²) in [5, 5.41) is 0. The summed E-state index contributed by atoms with van der Waals surface area (Å²) in [5.74, 6) is -0.406. The van der Waals surface area contributed by atoms with Crippen molar-refractivity contribution >= 4 is 13.3 Å². The van der Waals surface area contributed by atoms with Crippen LogP contribution in [0.25, 0.3) is 22.3 Å². The molecule has 4 heteroatoms. The third-order valence-corrected chi connectivity index (χ3v) is 3.14. The molecule has 0 unspecified atom stereocenters. The molecule has 0 aliphatic heterocycles. The monoisotopic (exact) mass is 434 g/mol. The SMILES string of the molecule is [B]c1ccc(-c2[c-]cc(-c3[c-]cccc3)cc2)cc1F.[Y].[Y]. The first-order chi connectivity index (χ1) is 9.74. The normalized spacial score (nSPS) is 9.50. The quantitative estimate of drug-likeness (QED) is 0.428. The molecule has 3 rings (SSSR count). The minimum Gasteiger partial charge on any atom is -0.209 e. The third kappa shape index (κ3) is 4.68. The van der Waals surface area contributed by atoms with Gasteiger partial charge >= 0.3 is 0 Å². The van der Waals surface area contributed by atoms with Crippen molar-refractivity contribution in [2.75, 3.05) is 0 Å². The minimum atomic E-state index is -0.406. The largest absolute Gasteiger partial charge is 0.209 e. The van der Waals surface area contributed by atoms with Crippen molar-refractivity contribution in [2.24, 2.45) is 0 Å². The number of hydrogen-bond acceptors (Lipinski definition) is 0. The number of rotatable bonds is 2. The van der Waals surface area contributed by atoms with Crippen LogP contribution in [0.3, 0.4) is 0 Å². The van der Waals surface area contributed by atoms with E-state index in [1.54, 1.807) is 12.1 Å². The predicted octanol–water partition coefficient (Wildman–Crippen LogP) is 3.55. The summed E-state index contributed by atoms with van der Waals surface area (Å²) >= 11 is 0. The summed E-state index contributed by atoms with van der Waals surface area (Å²) in [4.78, 5) is 0. The summed E-state index contributed by atoms with van der Waals surface area (Å²) in [7, 11) is 5.48. The molecule has 0 N–H and O–H groups in total. The van der Waals surface area contributed by atoms with Gasteiger partial charge in [0.1, 0.15) is 13.7 Å². The van der Waals surface area contributed by atoms with Gasteiger partial charge in [0.2, 0.25) is 0 Å². The maximum Gasteiger partial charge on any atom is 0.117 e. The summed E-state index contributed by atoms with van der Waals surface area (Å²) in [6.07, 6.45) is 0.